The molecule has 1 amide bonds. The molecule has 2 atom stereocenters. The average Bonchev–Trinajstić information content (AvgIpc) is 2.81. The number of carbonyl (C=O) groups is 1. The number of nitrogens with zero attached hydrogens (tertiary/aromatic N) is 3. The molecule has 96 valence electrons. The van der Waals surface area contributed by atoms with Crippen molar-refractivity contribution in [3.63, 3.8) is 0 Å². The molecule has 0 spiro atoms. The van der Waals surface area contributed by atoms with Crippen LogP contribution in [0.5, 0.6) is 0 Å². The first-order valence-corrected chi connectivity index (χ1v) is 6.01. The first-order chi connectivity index (χ1) is 8.13. The average molecular weight is 239 g/mol. The van der Waals surface area contributed by atoms with Crippen LogP contribution < -0.4 is 10.6 Å². The van der Waals surface area contributed by atoms with E-state index < -0.39 is 0 Å². The van der Waals surface area contributed by atoms with Gasteiger partial charge in [0.1, 0.15) is 0 Å². The third-order valence-corrected chi connectivity index (χ3v) is 2.66. The largest absolute Gasteiger partial charge is 0.352 e. The fourth-order valence-electron chi connectivity index (χ4n) is 1.31. The number of nitrogens with one attached hydrogen (secondary N) is 2. The molecule has 0 aliphatic carbocycles. The Kier molecular flexibility index (Phi) is 5.62. The van der Waals surface area contributed by atoms with Crippen LogP contribution in [0.1, 0.15) is 27.2 Å². The van der Waals surface area contributed by atoms with Crippen molar-refractivity contribution in [2.45, 2.75) is 45.8 Å². The lowest BCUT2D eigenvalue weighted by Gasteiger charge is -2.17. The molecule has 6 nitrogen and oxygen atoms in total. The summed E-state index contributed by atoms with van der Waals surface area (Å²) in [4.78, 5) is 11.7. The van der Waals surface area contributed by atoms with Crippen molar-refractivity contribution >= 4 is 5.91 Å². The molecule has 17 heavy (non-hydrogen) atoms. The van der Waals surface area contributed by atoms with Crippen LogP contribution in [-0.4, -0.2) is 39.5 Å². The van der Waals surface area contributed by atoms with E-state index >= 15 is 0 Å². The fraction of sp³-hybridized carbons (Fsp3) is 0.727. The molecule has 0 saturated heterocycles. The lowest BCUT2D eigenvalue weighted by Crippen LogP contribution is -2.46. The van der Waals surface area contributed by atoms with Gasteiger partial charge in [-0.05, 0) is 20.3 Å². The van der Waals surface area contributed by atoms with Crippen LogP contribution >= 0.6 is 0 Å². The van der Waals surface area contributed by atoms with E-state index in [4.69, 9.17) is 0 Å². The zero-order valence-electron chi connectivity index (χ0n) is 10.7. The topological polar surface area (TPSA) is 71.8 Å². The molecular weight excluding hydrogens is 218 g/mol. The predicted octanol–water partition coefficient (Wildman–Crippen LogP) is 0.171. The van der Waals surface area contributed by atoms with Crippen molar-refractivity contribution in [1.82, 2.24) is 25.6 Å². The van der Waals surface area contributed by atoms with Crippen molar-refractivity contribution in [3.05, 3.63) is 12.4 Å². The van der Waals surface area contributed by atoms with Crippen molar-refractivity contribution in [2.24, 2.45) is 0 Å². The Morgan fingerprint density at radius 3 is 2.82 bits per heavy atom. The Balaban J connectivity index is 2.20. The van der Waals surface area contributed by atoms with Gasteiger partial charge >= 0.3 is 0 Å². The SMILES string of the molecule is CCC(C)NC(=O)C(C)NCCn1ccnn1. The third-order valence-electron chi connectivity index (χ3n) is 2.66. The molecule has 0 bridgehead atoms. The smallest absolute Gasteiger partial charge is 0.237 e. The van der Waals surface area contributed by atoms with Crippen LogP contribution in [0.4, 0.5) is 0 Å². The van der Waals surface area contributed by atoms with E-state index in [2.05, 4.69) is 20.9 Å². The minimum absolute atomic E-state index is 0.0398. The lowest BCUT2D eigenvalue weighted by molar-refractivity contribution is -0.123. The summed E-state index contributed by atoms with van der Waals surface area (Å²) in [5.41, 5.74) is 0. The number of rotatable bonds is 7. The van der Waals surface area contributed by atoms with Gasteiger partial charge in [0.25, 0.3) is 0 Å². The van der Waals surface area contributed by atoms with Gasteiger partial charge in [0.05, 0.1) is 18.8 Å². The fourth-order valence-corrected chi connectivity index (χ4v) is 1.31. The maximum Gasteiger partial charge on any atom is 0.237 e. The molecule has 2 unspecified atom stereocenters. The van der Waals surface area contributed by atoms with Crippen molar-refractivity contribution in [1.29, 1.82) is 0 Å². The van der Waals surface area contributed by atoms with E-state index in [9.17, 15) is 4.79 Å². The molecule has 0 fully saturated rings. The molecule has 0 aromatic carbocycles. The van der Waals surface area contributed by atoms with Gasteiger partial charge in [-0.2, -0.15) is 0 Å². The highest BCUT2D eigenvalue weighted by molar-refractivity contribution is 5.81. The van der Waals surface area contributed by atoms with Crippen LogP contribution in [0, 0.1) is 0 Å². The molecule has 0 aliphatic heterocycles. The maximum atomic E-state index is 11.7. The van der Waals surface area contributed by atoms with Gasteiger partial charge in [0.15, 0.2) is 0 Å². The summed E-state index contributed by atoms with van der Waals surface area (Å²) in [6, 6.07) is 0.0367. The summed E-state index contributed by atoms with van der Waals surface area (Å²) in [7, 11) is 0. The minimum atomic E-state index is -0.187. The Labute approximate surface area is 102 Å². The zero-order chi connectivity index (χ0) is 12.7. The van der Waals surface area contributed by atoms with Gasteiger partial charge in [0.2, 0.25) is 5.91 Å². The summed E-state index contributed by atoms with van der Waals surface area (Å²) >= 11 is 0. The first kappa shape index (κ1) is 13.6. The normalized spacial score (nSPS) is 14.3. The summed E-state index contributed by atoms with van der Waals surface area (Å²) in [6.45, 7) is 7.31. The molecule has 1 aromatic heterocycles. The van der Waals surface area contributed by atoms with Gasteiger partial charge < -0.3 is 10.6 Å². The van der Waals surface area contributed by atoms with Gasteiger partial charge in [-0.3, -0.25) is 9.48 Å². The summed E-state index contributed by atoms with van der Waals surface area (Å²) in [5.74, 6) is 0.0398. The number of amides is 1. The zero-order valence-corrected chi connectivity index (χ0v) is 10.7. The standard InChI is InChI=1S/C11H21N5O/c1-4-9(2)14-11(17)10(3)12-5-7-16-8-6-13-15-16/h6,8-10,12H,4-5,7H2,1-3H3,(H,14,17). The molecule has 1 heterocycles. The van der Waals surface area contributed by atoms with Crippen molar-refractivity contribution < 1.29 is 4.79 Å². The Hall–Kier alpha value is -1.43. The molecule has 2 N–H and O–H groups in total. The van der Waals surface area contributed by atoms with Crippen LogP contribution in [0.25, 0.3) is 0 Å². The Morgan fingerprint density at radius 1 is 1.47 bits per heavy atom. The second kappa shape index (κ2) is 7.01. The van der Waals surface area contributed by atoms with E-state index in [1.165, 1.54) is 0 Å². The molecule has 1 rings (SSSR count). The van der Waals surface area contributed by atoms with E-state index in [0.717, 1.165) is 6.42 Å². The summed E-state index contributed by atoms with van der Waals surface area (Å²) < 4.78 is 1.73. The van der Waals surface area contributed by atoms with E-state index in [-0.39, 0.29) is 18.0 Å². The second-order valence-electron chi connectivity index (χ2n) is 4.16. The van der Waals surface area contributed by atoms with Crippen molar-refractivity contribution in [2.75, 3.05) is 6.54 Å². The quantitative estimate of drug-likeness (QED) is 0.711. The second-order valence-corrected chi connectivity index (χ2v) is 4.16. The summed E-state index contributed by atoms with van der Waals surface area (Å²) in [6.07, 6.45) is 4.38. The number of carbonyl (C=O) groups excluding carboxylic acids is 1. The number of hydrogen-bond acceptors (Lipinski definition) is 4. The number of aromatic nitrogens is 3. The van der Waals surface area contributed by atoms with E-state index in [1.807, 2.05) is 20.8 Å². The van der Waals surface area contributed by atoms with E-state index in [0.29, 0.717) is 13.1 Å². The summed E-state index contributed by atoms with van der Waals surface area (Å²) in [5, 5.41) is 13.6. The number of hydrogen-bond donors (Lipinski definition) is 2. The monoisotopic (exact) mass is 239 g/mol. The van der Waals surface area contributed by atoms with Gasteiger partial charge in [-0.15, -0.1) is 5.10 Å². The Morgan fingerprint density at radius 2 is 2.24 bits per heavy atom. The molecular formula is C11H21N5O. The van der Waals surface area contributed by atoms with Crippen molar-refractivity contribution in [3.8, 4) is 0 Å². The first-order valence-electron chi connectivity index (χ1n) is 6.01. The molecule has 0 saturated carbocycles. The predicted molar refractivity (Wildman–Crippen MR) is 65.4 cm³/mol. The highest BCUT2D eigenvalue weighted by atomic mass is 16.2. The lowest BCUT2D eigenvalue weighted by atomic mass is 10.2. The highest BCUT2D eigenvalue weighted by Gasteiger charge is 2.13. The third kappa shape index (κ3) is 4.95. The minimum Gasteiger partial charge on any atom is -0.352 e. The van der Waals surface area contributed by atoms with E-state index in [1.54, 1.807) is 17.1 Å². The molecule has 6 heteroatoms. The van der Waals surface area contributed by atoms with Gasteiger partial charge in [-0.25, -0.2) is 0 Å². The Bertz CT molecular complexity index is 325. The van der Waals surface area contributed by atoms with Crippen LogP contribution in [0.15, 0.2) is 12.4 Å². The van der Waals surface area contributed by atoms with Gasteiger partial charge in [-0.1, -0.05) is 12.1 Å². The van der Waals surface area contributed by atoms with Gasteiger partial charge in [0, 0.05) is 18.8 Å². The van der Waals surface area contributed by atoms with Crippen LogP contribution in [0.2, 0.25) is 0 Å². The van der Waals surface area contributed by atoms with Crippen LogP contribution in [0.3, 0.4) is 0 Å². The highest BCUT2D eigenvalue weighted by Crippen LogP contribution is 1.90. The maximum absolute atomic E-state index is 11.7. The molecule has 0 aliphatic rings. The molecule has 1 aromatic rings. The molecule has 0 radical (unpaired) electrons. The van der Waals surface area contributed by atoms with Crippen LogP contribution in [-0.2, 0) is 11.3 Å².